The molecule has 0 radical (unpaired) electrons. The van der Waals surface area contributed by atoms with Gasteiger partial charge in [0.25, 0.3) is 0 Å². The number of H-pyrrole nitrogens is 1. The zero-order valence-electron chi connectivity index (χ0n) is 21.0. The molecule has 4 N–H and O–H groups in total. The van der Waals surface area contributed by atoms with Crippen molar-refractivity contribution in [2.75, 3.05) is 5.32 Å². The molecule has 3 aromatic carbocycles. The van der Waals surface area contributed by atoms with Crippen molar-refractivity contribution in [3.8, 4) is 23.0 Å². The lowest BCUT2D eigenvalue weighted by Crippen LogP contribution is -2.50. The Balaban J connectivity index is 1.84. The summed E-state index contributed by atoms with van der Waals surface area (Å²) in [4.78, 5) is 3.46. The van der Waals surface area contributed by atoms with Crippen LogP contribution in [0.4, 0.5) is 5.69 Å². The van der Waals surface area contributed by atoms with Crippen LogP contribution in [0, 0.1) is 25.7 Å². The van der Waals surface area contributed by atoms with Gasteiger partial charge in [-0.2, -0.15) is 0 Å². The normalized spacial score (nSPS) is 18.5. The summed E-state index contributed by atoms with van der Waals surface area (Å²) >= 11 is 0. The van der Waals surface area contributed by atoms with Gasteiger partial charge in [0.15, 0.2) is 0 Å². The number of aliphatic hydroxyl groups is 2. The number of para-hydroxylation sites is 1. The first-order chi connectivity index (χ1) is 16.7. The van der Waals surface area contributed by atoms with Crippen molar-refractivity contribution >= 4 is 16.6 Å². The summed E-state index contributed by atoms with van der Waals surface area (Å²) in [6.45, 7) is 10.3. The van der Waals surface area contributed by atoms with E-state index >= 15 is 0 Å². The average Bonchev–Trinajstić information content (AvgIpc) is 3.23. The lowest BCUT2D eigenvalue weighted by molar-refractivity contribution is 0.0868. The molecule has 0 saturated carbocycles. The van der Waals surface area contributed by atoms with Crippen LogP contribution in [0.3, 0.4) is 0 Å². The van der Waals surface area contributed by atoms with Crippen molar-refractivity contribution in [2.24, 2.45) is 0 Å². The van der Waals surface area contributed by atoms with Crippen LogP contribution in [0.5, 0.6) is 0 Å². The second-order valence-electron chi connectivity index (χ2n) is 10.2. The molecule has 4 aromatic rings. The quantitative estimate of drug-likeness (QED) is 0.275. The van der Waals surface area contributed by atoms with Crippen LogP contribution < -0.4 is 5.32 Å². The number of anilines is 1. The Bertz CT molecular complexity index is 1500. The molecule has 0 bridgehead atoms. The van der Waals surface area contributed by atoms with Gasteiger partial charge in [0.05, 0.1) is 23.8 Å². The largest absolute Gasteiger partial charge is 0.392 e. The highest BCUT2D eigenvalue weighted by molar-refractivity contribution is 5.98. The number of fused-ring (bicyclic) bond motifs is 2. The Morgan fingerprint density at radius 1 is 0.971 bits per heavy atom. The molecule has 2 heterocycles. The van der Waals surface area contributed by atoms with Gasteiger partial charge >= 0.3 is 0 Å². The average molecular weight is 465 g/mol. The molecule has 178 valence electrons. The molecule has 1 aliphatic rings. The summed E-state index contributed by atoms with van der Waals surface area (Å²) in [5.74, 6) is 6.71. The fraction of sp³-hybridized carbons (Fsp3) is 0.290. The Labute approximate surface area is 207 Å². The second-order valence-corrected chi connectivity index (χ2v) is 10.2. The van der Waals surface area contributed by atoms with Gasteiger partial charge in [0, 0.05) is 45.4 Å². The minimum absolute atomic E-state index is 0.0599. The first kappa shape index (κ1) is 23.2. The fourth-order valence-electron chi connectivity index (χ4n) is 5.42. The third-order valence-corrected chi connectivity index (χ3v) is 7.40. The van der Waals surface area contributed by atoms with Gasteiger partial charge < -0.3 is 20.5 Å². The lowest BCUT2D eigenvalue weighted by atomic mass is 9.75. The number of benzene rings is 3. The molecule has 0 spiro atoms. The Hall–Kier alpha value is -3.52. The molecule has 4 nitrogen and oxygen atoms in total. The first-order valence-corrected chi connectivity index (χ1v) is 12.1. The third-order valence-electron chi connectivity index (χ3n) is 7.40. The van der Waals surface area contributed by atoms with Crippen molar-refractivity contribution in [1.29, 1.82) is 0 Å². The van der Waals surface area contributed by atoms with Gasteiger partial charge in [-0.3, -0.25) is 0 Å². The first-order valence-electron chi connectivity index (χ1n) is 12.1. The molecule has 0 unspecified atom stereocenters. The number of aromatic nitrogens is 1. The van der Waals surface area contributed by atoms with Crippen LogP contribution in [0.25, 0.3) is 22.0 Å². The van der Waals surface area contributed by atoms with E-state index in [1.54, 1.807) is 0 Å². The summed E-state index contributed by atoms with van der Waals surface area (Å²) in [5.41, 5.74) is 9.70. The maximum atomic E-state index is 11.2. The third kappa shape index (κ3) is 3.82. The van der Waals surface area contributed by atoms with E-state index < -0.39 is 11.6 Å². The van der Waals surface area contributed by atoms with Crippen molar-refractivity contribution < 1.29 is 10.2 Å². The van der Waals surface area contributed by atoms with E-state index in [1.807, 2.05) is 44.3 Å². The summed E-state index contributed by atoms with van der Waals surface area (Å²) in [5, 5.41) is 25.8. The highest BCUT2D eigenvalue weighted by Gasteiger charge is 2.40. The zero-order chi connectivity index (χ0) is 24.9. The maximum absolute atomic E-state index is 11.2. The molecule has 0 aliphatic carbocycles. The zero-order valence-corrected chi connectivity index (χ0v) is 21.0. The molecule has 0 saturated heterocycles. The molecule has 4 heteroatoms. The predicted octanol–water partition coefficient (Wildman–Crippen LogP) is 6.01. The van der Waals surface area contributed by atoms with Gasteiger partial charge in [-0.15, -0.1) is 0 Å². The van der Waals surface area contributed by atoms with Crippen LogP contribution in [-0.2, 0) is 6.61 Å². The van der Waals surface area contributed by atoms with Gasteiger partial charge in [-0.05, 0) is 62.1 Å². The minimum atomic E-state index is -0.571. The van der Waals surface area contributed by atoms with Crippen molar-refractivity contribution in [1.82, 2.24) is 4.98 Å². The van der Waals surface area contributed by atoms with E-state index in [0.29, 0.717) is 0 Å². The van der Waals surface area contributed by atoms with Gasteiger partial charge in [0.1, 0.15) is 0 Å². The SMILES string of the molecule is Cc1cc(-c2cccc3c(C)c[nH]c23)c(C#Cc2ccccc2CO)c2c1NC(C)(C)[C@@H](O)[C@@H]2C. The number of rotatable bonds is 2. The predicted molar refractivity (Wildman–Crippen MR) is 144 cm³/mol. The van der Waals surface area contributed by atoms with Crippen LogP contribution in [0.1, 0.15) is 60.1 Å². The van der Waals surface area contributed by atoms with E-state index in [4.69, 9.17) is 0 Å². The maximum Gasteiger partial charge on any atom is 0.0831 e. The topological polar surface area (TPSA) is 68.3 Å². The smallest absolute Gasteiger partial charge is 0.0831 e. The van der Waals surface area contributed by atoms with E-state index in [2.05, 4.69) is 67.2 Å². The van der Waals surface area contributed by atoms with E-state index in [1.165, 1.54) is 10.9 Å². The summed E-state index contributed by atoms with van der Waals surface area (Å²) in [6, 6.07) is 16.2. The number of hydrogen-bond acceptors (Lipinski definition) is 3. The second kappa shape index (κ2) is 8.61. The van der Waals surface area contributed by atoms with Crippen molar-refractivity contribution in [3.63, 3.8) is 0 Å². The molecule has 1 aliphatic heterocycles. The van der Waals surface area contributed by atoms with Crippen molar-refractivity contribution in [3.05, 3.63) is 88.1 Å². The number of aromatic amines is 1. The molecule has 35 heavy (non-hydrogen) atoms. The number of aryl methyl sites for hydroxylation is 2. The minimum Gasteiger partial charge on any atom is -0.392 e. The van der Waals surface area contributed by atoms with E-state index in [0.717, 1.165) is 50.1 Å². The molecular weight excluding hydrogens is 432 g/mol. The molecule has 5 rings (SSSR count). The lowest BCUT2D eigenvalue weighted by Gasteiger charge is -2.43. The van der Waals surface area contributed by atoms with Gasteiger partial charge in [-0.1, -0.05) is 55.2 Å². The fourth-order valence-corrected chi connectivity index (χ4v) is 5.42. The summed E-state index contributed by atoms with van der Waals surface area (Å²) in [6.07, 6.45) is 1.47. The van der Waals surface area contributed by atoms with E-state index in [-0.39, 0.29) is 12.5 Å². The molecule has 1 aromatic heterocycles. The van der Waals surface area contributed by atoms with E-state index in [9.17, 15) is 10.2 Å². The van der Waals surface area contributed by atoms with Crippen LogP contribution >= 0.6 is 0 Å². The number of aliphatic hydroxyl groups excluding tert-OH is 2. The molecule has 0 fully saturated rings. The van der Waals surface area contributed by atoms with Crippen LogP contribution in [0.15, 0.2) is 54.7 Å². The monoisotopic (exact) mass is 464 g/mol. The molecular formula is C31H32N2O2. The van der Waals surface area contributed by atoms with Gasteiger partial charge in [0.2, 0.25) is 0 Å². The number of nitrogens with one attached hydrogen (secondary N) is 2. The summed E-state index contributed by atoms with van der Waals surface area (Å²) in [7, 11) is 0. The van der Waals surface area contributed by atoms with Crippen LogP contribution in [-0.4, -0.2) is 26.8 Å². The van der Waals surface area contributed by atoms with Gasteiger partial charge in [-0.25, -0.2) is 0 Å². The van der Waals surface area contributed by atoms with Crippen LogP contribution in [0.2, 0.25) is 0 Å². The summed E-state index contributed by atoms with van der Waals surface area (Å²) < 4.78 is 0. The Morgan fingerprint density at radius 3 is 2.51 bits per heavy atom. The number of hydrogen-bond donors (Lipinski definition) is 4. The molecule has 0 amide bonds. The Kier molecular flexibility index (Phi) is 5.71. The standard InChI is InChI=1S/C31H32N2O2/c1-18-15-26(25-12-8-11-23-19(2)16-32-29(23)25)24(14-13-21-9-6-7-10-22(21)17-34)27-20(3)30(35)31(4,5)33-28(18)27/h6-12,15-16,20,30,32-35H,17H2,1-5H3/t20-,30+/m1/s1. The highest BCUT2D eigenvalue weighted by Crippen LogP contribution is 2.46. The molecule has 2 atom stereocenters. The van der Waals surface area contributed by atoms with Crippen molar-refractivity contribution in [2.45, 2.75) is 58.8 Å². The Morgan fingerprint density at radius 2 is 1.74 bits per heavy atom. The highest BCUT2D eigenvalue weighted by atomic mass is 16.3.